The monoisotopic (exact) mass is 310 g/mol. The molecule has 0 radical (unpaired) electrons. The molecule has 1 aromatic carbocycles. The van der Waals surface area contributed by atoms with E-state index in [1.54, 1.807) is 12.1 Å². The molecule has 0 heterocycles. The Morgan fingerprint density at radius 3 is 2.19 bits per heavy atom. The van der Waals surface area contributed by atoms with E-state index in [9.17, 15) is 12.8 Å². The van der Waals surface area contributed by atoms with Gasteiger partial charge in [0.05, 0.1) is 4.90 Å². The lowest BCUT2D eigenvalue weighted by atomic mass is 9.63. The van der Waals surface area contributed by atoms with E-state index in [4.69, 9.17) is 4.18 Å². The van der Waals surface area contributed by atoms with Crippen molar-refractivity contribution in [1.82, 2.24) is 0 Å². The van der Waals surface area contributed by atoms with E-state index < -0.39 is 21.1 Å². The van der Waals surface area contributed by atoms with E-state index in [2.05, 4.69) is 0 Å². The van der Waals surface area contributed by atoms with E-state index in [-0.39, 0.29) is 10.7 Å². The highest BCUT2D eigenvalue weighted by Gasteiger charge is 2.50. The van der Waals surface area contributed by atoms with Crippen LogP contribution >= 0.6 is 0 Å². The van der Waals surface area contributed by atoms with Gasteiger partial charge in [0.15, 0.2) is 0 Å². The average molecular weight is 310 g/mol. The van der Waals surface area contributed by atoms with Crippen LogP contribution in [0.3, 0.4) is 0 Å². The highest BCUT2D eigenvalue weighted by molar-refractivity contribution is 7.86. The molecular weight excluding hydrogens is 291 g/mol. The zero-order chi connectivity index (χ0) is 15.3. The zero-order valence-electron chi connectivity index (χ0n) is 12.2. The maximum atomic E-state index is 14.1. The van der Waals surface area contributed by atoms with Crippen LogP contribution in [0, 0.1) is 12.3 Å². The van der Waals surface area contributed by atoms with Gasteiger partial charge in [0.1, 0.15) is 11.4 Å². The van der Waals surface area contributed by atoms with Gasteiger partial charge in [0.25, 0.3) is 10.1 Å². The van der Waals surface area contributed by atoms with Gasteiger partial charge in [-0.3, -0.25) is 4.18 Å². The summed E-state index contributed by atoms with van der Waals surface area (Å²) in [4.78, 5) is 0.121. The lowest BCUT2D eigenvalue weighted by Gasteiger charge is -2.47. The first-order valence-corrected chi connectivity index (χ1v) is 8.57. The number of benzene rings is 1. The summed E-state index contributed by atoms with van der Waals surface area (Å²) in [6, 6.07) is 6.50. The number of aryl methyl sites for hydroxylation is 1. The Bertz CT molecular complexity index is 681. The van der Waals surface area contributed by atoms with Gasteiger partial charge in [-0.15, -0.1) is 0 Å². The fourth-order valence-electron chi connectivity index (χ4n) is 3.09. The van der Waals surface area contributed by atoms with Gasteiger partial charge in [0.2, 0.25) is 0 Å². The first kappa shape index (κ1) is 14.7. The summed E-state index contributed by atoms with van der Waals surface area (Å²) in [5, 5.41) is 0. The molecule has 3 aliphatic carbocycles. The SMILES string of the molecule is Cc1ccc(S(=O)(=O)OC23C=C(F)C(C)(CC2)CC3)cc1. The number of rotatable bonds is 3. The van der Waals surface area contributed by atoms with Crippen molar-refractivity contribution in [1.29, 1.82) is 0 Å². The first-order valence-electron chi connectivity index (χ1n) is 7.16. The lowest BCUT2D eigenvalue weighted by molar-refractivity contribution is 0.0153. The Morgan fingerprint density at radius 1 is 1.10 bits per heavy atom. The smallest absolute Gasteiger partial charge is 0.255 e. The molecule has 3 nitrogen and oxygen atoms in total. The molecule has 0 N–H and O–H groups in total. The Morgan fingerprint density at radius 2 is 1.67 bits per heavy atom. The normalized spacial score (nSPS) is 32.0. The van der Waals surface area contributed by atoms with Gasteiger partial charge in [-0.1, -0.05) is 24.6 Å². The molecule has 114 valence electrons. The maximum absolute atomic E-state index is 14.1. The van der Waals surface area contributed by atoms with Crippen molar-refractivity contribution >= 4 is 10.1 Å². The lowest BCUT2D eigenvalue weighted by Crippen LogP contribution is -2.45. The maximum Gasteiger partial charge on any atom is 0.297 e. The van der Waals surface area contributed by atoms with E-state index >= 15 is 0 Å². The molecule has 0 atom stereocenters. The molecule has 0 aromatic heterocycles. The second kappa shape index (κ2) is 4.65. The average Bonchev–Trinajstić information content (AvgIpc) is 2.41. The van der Waals surface area contributed by atoms with Crippen molar-refractivity contribution in [3.8, 4) is 0 Å². The van der Waals surface area contributed by atoms with E-state index in [1.807, 2.05) is 13.8 Å². The van der Waals surface area contributed by atoms with Crippen LogP contribution in [0.25, 0.3) is 0 Å². The van der Waals surface area contributed by atoms with Crippen molar-refractivity contribution in [2.24, 2.45) is 5.41 Å². The Hall–Kier alpha value is -1.20. The van der Waals surface area contributed by atoms with Gasteiger partial charge in [0, 0.05) is 5.41 Å². The highest BCUT2D eigenvalue weighted by atomic mass is 32.2. The number of halogens is 1. The summed E-state index contributed by atoms with van der Waals surface area (Å²) in [6.45, 7) is 3.77. The van der Waals surface area contributed by atoms with Gasteiger partial charge in [-0.05, 0) is 50.8 Å². The van der Waals surface area contributed by atoms with Gasteiger partial charge < -0.3 is 0 Å². The van der Waals surface area contributed by atoms with E-state index in [0.29, 0.717) is 25.7 Å². The zero-order valence-corrected chi connectivity index (χ0v) is 13.0. The van der Waals surface area contributed by atoms with Crippen LogP contribution in [0.5, 0.6) is 0 Å². The van der Waals surface area contributed by atoms with Crippen LogP contribution in [-0.4, -0.2) is 14.0 Å². The molecule has 1 aromatic rings. The second-order valence-electron chi connectivity index (χ2n) is 6.47. The fourth-order valence-corrected chi connectivity index (χ4v) is 4.31. The summed E-state index contributed by atoms with van der Waals surface area (Å²) < 4.78 is 44.4. The molecule has 0 unspecified atom stereocenters. The standard InChI is InChI=1S/C16H19FO3S/c1-12-3-5-13(6-4-12)21(18,19)20-16-9-7-15(2,8-10-16)14(17)11-16/h3-6,11H,7-10H2,1-2H3. The van der Waals surface area contributed by atoms with Crippen LogP contribution < -0.4 is 0 Å². The van der Waals surface area contributed by atoms with Gasteiger partial charge >= 0.3 is 0 Å². The number of fused-ring (bicyclic) bond motifs is 2. The minimum absolute atomic E-state index is 0.121. The molecule has 0 saturated heterocycles. The molecule has 2 bridgehead atoms. The van der Waals surface area contributed by atoms with Crippen LogP contribution in [-0.2, 0) is 14.3 Å². The van der Waals surface area contributed by atoms with E-state index in [1.165, 1.54) is 18.2 Å². The molecule has 0 spiro atoms. The van der Waals surface area contributed by atoms with Gasteiger partial charge in [-0.25, -0.2) is 4.39 Å². The highest BCUT2D eigenvalue weighted by Crippen LogP contribution is 2.54. The molecule has 3 aliphatic rings. The number of hydrogen-bond donors (Lipinski definition) is 0. The Labute approximate surface area is 124 Å². The van der Waals surface area contributed by atoms with Crippen molar-refractivity contribution in [3.63, 3.8) is 0 Å². The Balaban J connectivity index is 1.91. The van der Waals surface area contributed by atoms with E-state index in [0.717, 1.165) is 5.56 Å². The topological polar surface area (TPSA) is 43.4 Å². The van der Waals surface area contributed by atoms with Crippen molar-refractivity contribution in [2.45, 2.75) is 50.0 Å². The van der Waals surface area contributed by atoms with Crippen LogP contribution in [0.1, 0.15) is 38.2 Å². The molecule has 21 heavy (non-hydrogen) atoms. The van der Waals surface area contributed by atoms with Crippen LogP contribution in [0.2, 0.25) is 0 Å². The molecule has 0 aliphatic heterocycles. The third kappa shape index (κ3) is 2.53. The van der Waals surface area contributed by atoms with Crippen molar-refractivity contribution in [2.75, 3.05) is 0 Å². The third-order valence-electron chi connectivity index (χ3n) is 4.75. The molecule has 4 rings (SSSR count). The Kier molecular flexibility index (Phi) is 3.26. The van der Waals surface area contributed by atoms with Crippen molar-refractivity contribution < 1.29 is 17.0 Å². The quantitative estimate of drug-likeness (QED) is 0.796. The minimum atomic E-state index is -3.88. The minimum Gasteiger partial charge on any atom is -0.255 e. The number of hydrogen-bond acceptors (Lipinski definition) is 3. The predicted molar refractivity (Wildman–Crippen MR) is 77.9 cm³/mol. The third-order valence-corrected chi connectivity index (χ3v) is 6.15. The second-order valence-corrected chi connectivity index (χ2v) is 8.01. The van der Waals surface area contributed by atoms with Crippen LogP contribution in [0.4, 0.5) is 4.39 Å². The fraction of sp³-hybridized carbons (Fsp3) is 0.500. The molecule has 1 saturated carbocycles. The first-order chi connectivity index (χ1) is 9.75. The molecule has 5 heteroatoms. The molecule has 1 fully saturated rings. The summed E-state index contributed by atoms with van der Waals surface area (Å²) in [6.07, 6.45) is 3.72. The molecular formula is C16H19FO3S. The summed E-state index contributed by atoms with van der Waals surface area (Å²) in [7, 11) is -3.88. The van der Waals surface area contributed by atoms with Crippen molar-refractivity contribution in [3.05, 3.63) is 41.7 Å². The largest absolute Gasteiger partial charge is 0.297 e. The predicted octanol–water partition coefficient (Wildman–Crippen LogP) is 3.89. The summed E-state index contributed by atoms with van der Waals surface area (Å²) in [5.41, 5.74) is -0.464. The summed E-state index contributed by atoms with van der Waals surface area (Å²) >= 11 is 0. The van der Waals surface area contributed by atoms with Gasteiger partial charge in [-0.2, -0.15) is 8.42 Å². The number of allylic oxidation sites excluding steroid dienone is 1. The van der Waals surface area contributed by atoms with Crippen LogP contribution in [0.15, 0.2) is 41.1 Å². The molecule has 0 amide bonds. The summed E-state index contributed by atoms with van der Waals surface area (Å²) in [5.74, 6) is -0.237.